The number of rotatable bonds is 3. The fourth-order valence-corrected chi connectivity index (χ4v) is 1.72. The Morgan fingerprint density at radius 3 is 2.50 bits per heavy atom. The molecule has 2 rings (SSSR count). The van der Waals surface area contributed by atoms with Crippen molar-refractivity contribution in [3.8, 4) is 5.75 Å². The van der Waals surface area contributed by atoms with Gasteiger partial charge >= 0.3 is 11.7 Å². The molecule has 0 aromatic heterocycles. The summed E-state index contributed by atoms with van der Waals surface area (Å²) in [6.07, 6.45) is 0. The second-order valence-electron chi connectivity index (χ2n) is 4.31. The van der Waals surface area contributed by atoms with E-state index in [1.807, 2.05) is 0 Å². The van der Waals surface area contributed by atoms with Crippen LogP contribution in [0.15, 0.2) is 30.3 Å². The number of carbonyl (C=O) groups is 1. The van der Waals surface area contributed by atoms with Crippen LogP contribution < -0.4 is 4.74 Å². The van der Waals surface area contributed by atoms with Crippen LogP contribution in [0.1, 0.15) is 15.9 Å². The van der Waals surface area contributed by atoms with Crippen LogP contribution in [0.2, 0.25) is 0 Å². The van der Waals surface area contributed by atoms with Crippen molar-refractivity contribution < 1.29 is 27.6 Å². The molecule has 0 N–H and O–H groups in total. The number of hydrogen-bond acceptors (Lipinski definition) is 4. The number of carbonyl (C=O) groups excluding carboxylic acids is 1. The Hall–Kier alpha value is -2.90. The Kier molecular flexibility index (Phi) is 4.11. The van der Waals surface area contributed by atoms with Crippen molar-refractivity contribution >= 4 is 11.7 Å². The van der Waals surface area contributed by atoms with Gasteiger partial charge < -0.3 is 4.74 Å². The molecule has 0 aliphatic carbocycles. The fourth-order valence-electron chi connectivity index (χ4n) is 1.72. The van der Waals surface area contributed by atoms with Crippen LogP contribution in [0, 0.1) is 34.5 Å². The lowest BCUT2D eigenvalue weighted by Gasteiger charge is -2.08. The largest absolute Gasteiger partial charge is 0.415 e. The topological polar surface area (TPSA) is 69.4 Å². The van der Waals surface area contributed by atoms with E-state index in [0.717, 1.165) is 24.3 Å². The van der Waals surface area contributed by atoms with E-state index in [4.69, 9.17) is 0 Å². The van der Waals surface area contributed by atoms with Crippen molar-refractivity contribution in [3.63, 3.8) is 0 Å². The summed E-state index contributed by atoms with van der Waals surface area (Å²) in [6.45, 7) is 1.30. The highest BCUT2D eigenvalue weighted by molar-refractivity contribution is 5.92. The van der Waals surface area contributed by atoms with E-state index in [0.29, 0.717) is 6.07 Å². The molecule has 0 unspecified atom stereocenters. The van der Waals surface area contributed by atoms with Gasteiger partial charge in [-0.3, -0.25) is 10.1 Å². The molecule has 0 bridgehead atoms. The maximum atomic E-state index is 13.8. The number of aryl methyl sites for hydroxylation is 1. The van der Waals surface area contributed by atoms with Gasteiger partial charge in [0.25, 0.3) is 0 Å². The molecule has 0 aliphatic heterocycles. The van der Waals surface area contributed by atoms with Crippen molar-refractivity contribution in [3.05, 3.63) is 69.0 Å². The predicted molar refractivity (Wildman–Crippen MR) is 69.1 cm³/mol. The normalized spacial score (nSPS) is 10.4. The van der Waals surface area contributed by atoms with Crippen molar-refractivity contribution in [1.29, 1.82) is 0 Å². The minimum atomic E-state index is -1.49. The summed E-state index contributed by atoms with van der Waals surface area (Å²) in [5.41, 5.74) is -1.72. The van der Waals surface area contributed by atoms with Crippen LogP contribution in [0.5, 0.6) is 5.75 Å². The number of nitro groups is 1. The molecule has 0 heterocycles. The van der Waals surface area contributed by atoms with Crippen LogP contribution in [0.25, 0.3) is 0 Å². The standard InChI is InChI=1S/C14H8F3NO4/c1-7-2-4-9(16)12(13(7)17)14(19)22-11-6-8(15)3-5-10(11)18(20)21/h2-6H,1H3. The molecular weight excluding hydrogens is 303 g/mol. The second-order valence-corrected chi connectivity index (χ2v) is 4.31. The Morgan fingerprint density at radius 1 is 1.18 bits per heavy atom. The fraction of sp³-hybridized carbons (Fsp3) is 0.0714. The molecule has 0 amide bonds. The van der Waals surface area contributed by atoms with E-state index >= 15 is 0 Å². The van der Waals surface area contributed by atoms with Crippen molar-refractivity contribution in [2.75, 3.05) is 0 Å². The molecule has 22 heavy (non-hydrogen) atoms. The molecule has 0 atom stereocenters. The molecule has 0 saturated carbocycles. The zero-order valence-corrected chi connectivity index (χ0v) is 11.1. The molecule has 0 saturated heterocycles. The maximum absolute atomic E-state index is 13.8. The van der Waals surface area contributed by atoms with E-state index in [2.05, 4.69) is 4.74 Å². The zero-order valence-electron chi connectivity index (χ0n) is 11.1. The molecule has 2 aromatic carbocycles. The minimum absolute atomic E-state index is 0.0120. The summed E-state index contributed by atoms with van der Waals surface area (Å²) in [6, 6.07) is 4.13. The molecule has 0 fully saturated rings. The summed E-state index contributed by atoms with van der Waals surface area (Å²) >= 11 is 0. The SMILES string of the molecule is Cc1ccc(F)c(C(=O)Oc2cc(F)ccc2[N+](=O)[O-])c1F. The third kappa shape index (κ3) is 2.90. The van der Waals surface area contributed by atoms with Crippen molar-refractivity contribution in [2.24, 2.45) is 0 Å². The van der Waals surface area contributed by atoms with Gasteiger partial charge in [0.1, 0.15) is 23.0 Å². The zero-order chi connectivity index (χ0) is 16.4. The first-order valence-electron chi connectivity index (χ1n) is 5.92. The highest BCUT2D eigenvalue weighted by atomic mass is 19.1. The molecular formula is C14H8F3NO4. The van der Waals surface area contributed by atoms with Crippen LogP contribution in [0.3, 0.4) is 0 Å². The maximum Gasteiger partial charge on any atom is 0.349 e. The lowest BCUT2D eigenvalue weighted by Crippen LogP contribution is -2.15. The number of ether oxygens (including phenoxy) is 1. The number of benzene rings is 2. The van der Waals surface area contributed by atoms with Gasteiger partial charge in [-0.05, 0) is 24.6 Å². The Morgan fingerprint density at radius 2 is 1.86 bits per heavy atom. The Labute approximate surface area is 122 Å². The summed E-state index contributed by atoms with van der Waals surface area (Å²) in [5, 5.41) is 10.8. The van der Waals surface area contributed by atoms with Gasteiger partial charge in [0.05, 0.1) is 4.92 Å². The lowest BCUT2D eigenvalue weighted by molar-refractivity contribution is -0.385. The monoisotopic (exact) mass is 311 g/mol. The summed E-state index contributed by atoms with van der Waals surface area (Å²) in [7, 11) is 0. The van der Waals surface area contributed by atoms with E-state index in [-0.39, 0.29) is 5.56 Å². The van der Waals surface area contributed by atoms with Gasteiger partial charge in [0.2, 0.25) is 5.75 Å². The Bertz CT molecular complexity index is 777. The van der Waals surface area contributed by atoms with Crippen LogP contribution >= 0.6 is 0 Å². The molecule has 0 radical (unpaired) electrons. The van der Waals surface area contributed by atoms with Crippen LogP contribution in [-0.2, 0) is 0 Å². The van der Waals surface area contributed by atoms with E-state index < -0.39 is 45.3 Å². The average Bonchev–Trinajstić information content (AvgIpc) is 2.43. The smallest absolute Gasteiger partial charge is 0.349 e. The summed E-state index contributed by atoms with van der Waals surface area (Å²) in [4.78, 5) is 21.7. The van der Waals surface area contributed by atoms with E-state index in [9.17, 15) is 28.1 Å². The molecule has 5 nitrogen and oxygen atoms in total. The highest BCUT2D eigenvalue weighted by Crippen LogP contribution is 2.29. The minimum Gasteiger partial charge on any atom is -0.415 e. The first-order valence-corrected chi connectivity index (χ1v) is 5.92. The van der Waals surface area contributed by atoms with Gasteiger partial charge in [0.15, 0.2) is 0 Å². The molecule has 2 aromatic rings. The van der Waals surface area contributed by atoms with E-state index in [1.165, 1.54) is 6.92 Å². The van der Waals surface area contributed by atoms with Gasteiger partial charge in [-0.1, -0.05) is 6.07 Å². The number of halogens is 3. The Balaban J connectivity index is 2.44. The van der Waals surface area contributed by atoms with Crippen molar-refractivity contribution in [1.82, 2.24) is 0 Å². The first kappa shape index (κ1) is 15.5. The van der Waals surface area contributed by atoms with Crippen LogP contribution in [0.4, 0.5) is 18.9 Å². The van der Waals surface area contributed by atoms with Crippen molar-refractivity contribution in [2.45, 2.75) is 6.92 Å². The highest BCUT2D eigenvalue weighted by Gasteiger charge is 2.25. The molecule has 0 spiro atoms. The first-order chi connectivity index (χ1) is 10.3. The van der Waals surface area contributed by atoms with E-state index in [1.54, 1.807) is 0 Å². The second kappa shape index (κ2) is 5.84. The third-order valence-electron chi connectivity index (χ3n) is 2.81. The number of nitro benzene ring substituents is 1. The number of esters is 1. The number of hydrogen-bond donors (Lipinski definition) is 0. The quantitative estimate of drug-likeness (QED) is 0.376. The third-order valence-corrected chi connectivity index (χ3v) is 2.81. The summed E-state index contributed by atoms with van der Waals surface area (Å²) < 4.78 is 45.1. The predicted octanol–water partition coefficient (Wildman–Crippen LogP) is 3.54. The number of nitrogens with zero attached hydrogens (tertiary/aromatic N) is 1. The van der Waals surface area contributed by atoms with Gasteiger partial charge in [-0.2, -0.15) is 0 Å². The average molecular weight is 311 g/mol. The summed E-state index contributed by atoms with van der Waals surface area (Å²) in [5.74, 6) is -5.47. The molecule has 8 heteroatoms. The lowest BCUT2D eigenvalue weighted by atomic mass is 10.1. The molecule has 0 aliphatic rings. The molecule has 114 valence electrons. The van der Waals surface area contributed by atoms with Gasteiger partial charge in [-0.15, -0.1) is 0 Å². The van der Waals surface area contributed by atoms with Gasteiger partial charge in [-0.25, -0.2) is 18.0 Å². The van der Waals surface area contributed by atoms with Gasteiger partial charge in [0, 0.05) is 12.1 Å². The van der Waals surface area contributed by atoms with Crippen LogP contribution in [-0.4, -0.2) is 10.9 Å².